The third-order valence-corrected chi connectivity index (χ3v) is 12.1. The topological polar surface area (TPSA) is 169 Å². The van der Waals surface area contributed by atoms with Gasteiger partial charge in [0.1, 0.15) is 12.1 Å². The van der Waals surface area contributed by atoms with Gasteiger partial charge in [-0.05, 0) is 70.3 Å². The van der Waals surface area contributed by atoms with Crippen LogP contribution in [0.4, 0.5) is 9.59 Å². The summed E-state index contributed by atoms with van der Waals surface area (Å²) in [6, 6.07) is 28.3. The molecule has 1 fully saturated rings. The van der Waals surface area contributed by atoms with Crippen LogP contribution in [0.2, 0.25) is 0 Å². The number of carbonyl (C=O) groups excluding carboxylic acids is 4. The number of nitrogens with zero attached hydrogens (tertiary/aromatic N) is 5. The number of urea groups is 1. The van der Waals surface area contributed by atoms with Gasteiger partial charge in [0.15, 0.2) is 0 Å². The molecule has 2 aromatic heterocycles. The zero-order chi connectivity index (χ0) is 44.9. The molecule has 14 heteroatoms. The van der Waals surface area contributed by atoms with Crippen LogP contribution in [0.15, 0.2) is 116 Å². The van der Waals surface area contributed by atoms with E-state index in [0.717, 1.165) is 38.7 Å². The molecule has 332 valence electrons. The van der Waals surface area contributed by atoms with Gasteiger partial charge in [0.2, 0.25) is 5.91 Å². The average molecular weight is 857 g/mol. The molecule has 6 unspecified atom stereocenters. The number of hydrogen-bond acceptors (Lipinski definition) is 9. The summed E-state index contributed by atoms with van der Waals surface area (Å²) < 4.78 is 4.84. The first-order valence-corrected chi connectivity index (χ1v) is 21.8. The fraction of sp³-hybridized carbons (Fsp3) is 0.388. The molecule has 5 amide bonds. The molecule has 5 aromatic rings. The molecule has 0 radical (unpaired) electrons. The number of aliphatic hydroxyl groups excluding tert-OH is 1. The highest BCUT2D eigenvalue weighted by molar-refractivity contribution is 5.89. The Bertz CT molecular complexity index is 2280. The summed E-state index contributed by atoms with van der Waals surface area (Å²) in [6.07, 6.45) is 4.79. The lowest BCUT2D eigenvalue weighted by molar-refractivity contribution is -0.132. The number of ether oxygens (including phenoxy) is 1. The number of methoxy groups -OCH3 is 1. The van der Waals surface area contributed by atoms with Gasteiger partial charge in [0.05, 0.1) is 24.8 Å². The molecule has 1 aliphatic rings. The van der Waals surface area contributed by atoms with Gasteiger partial charge in [0.25, 0.3) is 5.91 Å². The van der Waals surface area contributed by atoms with Crippen molar-refractivity contribution in [2.24, 2.45) is 11.8 Å². The average Bonchev–Trinajstić information content (AvgIpc) is 3.66. The van der Waals surface area contributed by atoms with E-state index in [-0.39, 0.29) is 43.3 Å². The lowest BCUT2D eigenvalue weighted by Crippen LogP contribution is -2.59. The van der Waals surface area contributed by atoms with Crippen LogP contribution in [0.3, 0.4) is 0 Å². The van der Waals surface area contributed by atoms with Gasteiger partial charge >= 0.3 is 12.1 Å². The largest absolute Gasteiger partial charge is 0.453 e. The molecule has 0 bridgehead atoms. The van der Waals surface area contributed by atoms with Gasteiger partial charge < -0.3 is 30.3 Å². The Labute approximate surface area is 370 Å². The lowest BCUT2D eigenvalue weighted by atomic mass is 9.95. The van der Waals surface area contributed by atoms with E-state index in [4.69, 9.17) is 4.74 Å². The van der Waals surface area contributed by atoms with Crippen molar-refractivity contribution in [1.29, 1.82) is 0 Å². The van der Waals surface area contributed by atoms with E-state index in [1.165, 1.54) is 7.11 Å². The summed E-state index contributed by atoms with van der Waals surface area (Å²) in [4.78, 5) is 67.2. The predicted octanol–water partition coefficient (Wildman–Crippen LogP) is 6.34. The maximum atomic E-state index is 14.7. The highest BCUT2D eigenvalue weighted by Crippen LogP contribution is 2.26. The van der Waals surface area contributed by atoms with Crippen molar-refractivity contribution in [2.45, 2.75) is 84.3 Å². The van der Waals surface area contributed by atoms with Crippen LogP contribution >= 0.6 is 0 Å². The highest BCUT2D eigenvalue weighted by Gasteiger charge is 2.41. The van der Waals surface area contributed by atoms with Crippen molar-refractivity contribution in [3.8, 4) is 11.1 Å². The van der Waals surface area contributed by atoms with Gasteiger partial charge in [-0.3, -0.25) is 25.0 Å². The van der Waals surface area contributed by atoms with E-state index in [0.29, 0.717) is 32.5 Å². The number of fused-ring (bicyclic) bond motifs is 1. The minimum absolute atomic E-state index is 0.0919. The number of hydrogen-bond donors (Lipinski definition) is 4. The third-order valence-electron chi connectivity index (χ3n) is 12.1. The molecule has 0 aliphatic carbocycles. The number of carbonyl (C=O) groups is 4. The van der Waals surface area contributed by atoms with Crippen LogP contribution in [-0.2, 0) is 33.8 Å². The quantitative estimate of drug-likeness (QED) is 0.0653. The van der Waals surface area contributed by atoms with E-state index < -0.39 is 36.2 Å². The van der Waals surface area contributed by atoms with Crippen molar-refractivity contribution < 1.29 is 29.0 Å². The van der Waals surface area contributed by atoms with Crippen molar-refractivity contribution in [3.05, 3.63) is 132 Å². The normalized spacial score (nSPS) is 15.6. The number of aliphatic hydroxyl groups is 1. The summed E-state index contributed by atoms with van der Waals surface area (Å²) in [5.74, 6) is -1.29. The zero-order valence-electron chi connectivity index (χ0n) is 36.8. The Hall–Kier alpha value is -6.38. The molecule has 4 N–H and O–H groups in total. The number of para-hydroxylation sites is 1. The SMILES string of the molecule is CCC(C)C(NC(=O)OC)C(=O)NN(Cc1ccc(-c2ccncc2)cc1)CC(O)C(Cc1ccccc1)NC(=O)C(C(C)CC)N1CCN(Cc2ccnc3ccccc23)C1=O. The maximum Gasteiger partial charge on any atom is 0.407 e. The predicted molar refractivity (Wildman–Crippen MR) is 243 cm³/mol. The molecule has 14 nitrogen and oxygen atoms in total. The molecule has 1 saturated heterocycles. The van der Waals surface area contributed by atoms with Crippen LogP contribution in [0.1, 0.15) is 57.2 Å². The highest BCUT2D eigenvalue weighted by atomic mass is 16.5. The molecule has 63 heavy (non-hydrogen) atoms. The summed E-state index contributed by atoms with van der Waals surface area (Å²) in [6.45, 7) is 9.05. The molecule has 6 atom stereocenters. The fourth-order valence-electron chi connectivity index (χ4n) is 8.04. The second kappa shape index (κ2) is 22.1. The van der Waals surface area contributed by atoms with Crippen LogP contribution in [0.5, 0.6) is 0 Å². The number of aromatic nitrogens is 2. The number of nitrogens with one attached hydrogen (secondary N) is 3. The van der Waals surface area contributed by atoms with Crippen molar-refractivity contribution in [1.82, 2.24) is 40.8 Å². The van der Waals surface area contributed by atoms with E-state index in [2.05, 4.69) is 26.0 Å². The number of alkyl carbamates (subject to hydrolysis) is 1. The standard InChI is InChI=1S/C49H60N8O6/c1-6-33(3)44(53-48(61)63-5)46(59)54-56(30-36-17-19-37(20-18-36)38-21-24-50-25-22-38)32-43(58)42(29-35-13-9-8-10-14-35)52-47(60)45(34(4)7-2)57-28-27-55(49(57)62)31-39-23-26-51-41-16-12-11-15-40(39)41/h8-26,33-34,42-45,58H,6-7,27-32H2,1-5H3,(H,52,60)(H,53,61)(H,54,59). The third kappa shape index (κ3) is 12.0. The number of amides is 5. The van der Waals surface area contributed by atoms with Gasteiger partial charge in [-0.1, -0.05) is 113 Å². The molecular formula is C49H60N8O6. The van der Waals surface area contributed by atoms with E-state index >= 15 is 0 Å². The summed E-state index contributed by atoms with van der Waals surface area (Å²) in [5.41, 5.74) is 8.53. The first-order valence-electron chi connectivity index (χ1n) is 21.8. The second-order valence-electron chi connectivity index (χ2n) is 16.4. The summed E-state index contributed by atoms with van der Waals surface area (Å²) >= 11 is 0. The van der Waals surface area contributed by atoms with E-state index in [1.54, 1.807) is 33.4 Å². The molecule has 6 rings (SSSR count). The Morgan fingerprint density at radius 3 is 2.17 bits per heavy atom. The minimum atomic E-state index is -1.20. The van der Waals surface area contributed by atoms with Crippen molar-refractivity contribution in [2.75, 3.05) is 26.7 Å². The molecular weight excluding hydrogens is 797 g/mol. The Morgan fingerprint density at radius 2 is 1.48 bits per heavy atom. The zero-order valence-corrected chi connectivity index (χ0v) is 36.8. The van der Waals surface area contributed by atoms with Crippen LogP contribution in [0, 0.1) is 11.8 Å². The van der Waals surface area contributed by atoms with Gasteiger partial charge in [-0.2, -0.15) is 0 Å². The minimum Gasteiger partial charge on any atom is -0.453 e. The van der Waals surface area contributed by atoms with Gasteiger partial charge in [-0.25, -0.2) is 14.6 Å². The lowest BCUT2D eigenvalue weighted by Gasteiger charge is -2.35. The maximum absolute atomic E-state index is 14.7. The van der Waals surface area contributed by atoms with E-state index in [1.807, 2.05) is 125 Å². The number of hydrazine groups is 1. The Kier molecular flexibility index (Phi) is 16.2. The Balaban J connectivity index is 1.25. The fourth-order valence-corrected chi connectivity index (χ4v) is 8.04. The first kappa shape index (κ1) is 46.1. The summed E-state index contributed by atoms with van der Waals surface area (Å²) in [7, 11) is 1.24. The van der Waals surface area contributed by atoms with Gasteiger partial charge in [0, 0.05) is 56.7 Å². The number of pyridine rings is 2. The Morgan fingerprint density at radius 1 is 0.794 bits per heavy atom. The van der Waals surface area contributed by atoms with E-state index in [9.17, 15) is 24.3 Å². The first-order chi connectivity index (χ1) is 30.5. The molecule has 3 heterocycles. The second-order valence-corrected chi connectivity index (χ2v) is 16.4. The number of benzene rings is 3. The van der Waals surface area contributed by atoms with Crippen LogP contribution in [-0.4, -0.2) is 105 Å². The molecule has 0 saturated carbocycles. The van der Waals surface area contributed by atoms with Gasteiger partial charge in [-0.15, -0.1) is 0 Å². The van der Waals surface area contributed by atoms with Crippen LogP contribution < -0.4 is 16.1 Å². The number of rotatable bonds is 20. The molecule has 3 aromatic carbocycles. The summed E-state index contributed by atoms with van der Waals surface area (Å²) in [5, 5.41) is 20.7. The monoisotopic (exact) mass is 856 g/mol. The van der Waals surface area contributed by atoms with Crippen molar-refractivity contribution >= 4 is 34.8 Å². The van der Waals surface area contributed by atoms with Crippen LogP contribution in [0.25, 0.3) is 22.0 Å². The molecule has 1 aliphatic heterocycles. The van der Waals surface area contributed by atoms with Crippen molar-refractivity contribution in [3.63, 3.8) is 0 Å². The smallest absolute Gasteiger partial charge is 0.407 e. The molecule has 0 spiro atoms.